The van der Waals surface area contributed by atoms with Crippen molar-refractivity contribution in [1.29, 1.82) is 5.41 Å². The van der Waals surface area contributed by atoms with Crippen LogP contribution in [0.4, 0.5) is 20.3 Å². The molecule has 7 nitrogen and oxygen atoms in total. The van der Waals surface area contributed by atoms with Crippen LogP contribution in [0, 0.1) is 17.0 Å². The zero-order valence-electron chi connectivity index (χ0n) is 17.2. The van der Waals surface area contributed by atoms with Gasteiger partial charge in [0.05, 0.1) is 11.3 Å². The lowest BCUT2D eigenvalue weighted by Crippen LogP contribution is -2.22. The zero-order valence-corrected chi connectivity index (χ0v) is 17.2. The topological polar surface area (TPSA) is 98.2 Å². The highest BCUT2D eigenvalue weighted by Gasteiger charge is 2.19. The summed E-state index contributed by atoms with van der Waals surface area (Å²) in [4.78, 5) is 30.8. The molecule has 32 heavy (non-hydrogen) atoms. The summed E-state index contributed by atoms with van der Waals surface area (Å²) in [6, 6.07) is 10.5. The normalized spacial score (nSPS) is 10.4. The number of carbonyl (C=O) groups is 2. The number of amides is 2. The van der Waals surface area contributed by atoms with E-state index in [1.807, 2.05) is 0 Å². The molecular formula is C22H18BF2N5O2. The van der Waals surface area contributed by atoms with Gasteiger partial charge in [-0.25, -0.2) is 13.8 Å². The average molecular weight is 433 g/mol. The molecule has 0 atom stereocenters. The average Bonchev–Trinajstić information content (AvgIpc) is 2.77. The second-order valence-electron chi connectivity index (χ2n) is 7.02. The number of hydrogen-bond donors (Lipinski definition) is 3. The van der Waals surface area contributed by atoms with Crippen molar-refractivity contribution in [3.63, 3.8) is 0 Å². The second kappa shape index (κ2) is 9.38. The van der Waals surface area contributed by atoms with E-state index >= 15 is 0 Å². The summed E-state index contributed by atoms with van der Waals surface area (Å²) in [6.45, 7) is 0. The first-order valence-electron chi connectivity index (χ1n) is 9.35. The molecule has 2 radical (unpaired) electrons. The van der Waals surface area contributed by atoms with Gasteiger partial charge in [0.15, 0.2) is 11.6 Å². The molecular weight excluding hydrogens is 415 g/mol. The molecule has 3 N–H and O–H groups in total. The first-order valence-corrected chi connectivity index (χ1v) is 9.35. The fourth-order valence-corrected chi connectivity index (χ4v) is 2.73. The molecule has 0 unspecified atom stereocenters. The van der Waals surface area contributed by atoms with E-state index in [1.54, 1.807) is 31.1 Å². The van der Waals surface area contributed by atoms with Crippen LogP contribution in [0.15, 0.2) is 54.7 Å². The first-order chi connectivity index (χ1) is 15.2. The van der Waals surface area contributed by atoms with E-state index in [-0.39, 0.29) is 28.5 Å². The van der Waals surface area contributed by atoms with Crippen LogP contribution in [0.5, 0.6) is 0 Å². The summed E-state index contributed by atoms with van der Waals surface area (Å²) in [7, 11) is 8.99. The third-order valence-corrected chi connectivity index (χ3v) is 4.45. The predicted octanol–water partition coefficient (Wildman–Crippen LogP) is 2.55. The number of benzene rings is 2. The monoisotopic (exact) mass is 433 g/mol. The molecule has 0 aliphatic heterocycles. The minimum Gasteiger partial charge on any atom is -0.363 e. The number of carbonyl (C=O) groups excluding carboxylic acids is 2. The molecule has 0 saturated heterocycles. The highest BCUT2D eigenvalue weighted by molar-refractivity contribution is 6.32. The van der Waals surface area contributed by atoms with E-state index in [0.717, 1.165) is 6.07 Å². The van der Waals surface area contributed by atoms with E-state index in [0.29, 0.717) is 17.1 Å². The predicted molar refractivity (Wildman–Crippen MR) is 119 cm³/mol. The van der Waals surface area contributed by atoms with Gasteiger partial charge in [0.25, 0.3) is 11.8 Å². The van der Waals surface area contributed by atoms with Crippen molar-refractivity contribution in [1.82, 2.24) is 9.88 Å². The van der Waals surface area contributed by atoms with Crippen LogP contribution in [-0.2, 0) is 0 Å². The Morgan fingerprint density at radius 1 is 0.938 bits per heavy atom. The van der Waals surface area contributed by atoms with Gasteiger partial charge in [-0.2, -0.15) is 0 Å². The molecule has 3 rings (SSSR count). The molecule has 1 heterocycles. The highest BCUT2D eigenvalue weighted by atomic mass is 19.2. The standard InChI is InChI=1S/C22H18BF2N5O2/c1-30(2)20(26)12-3-5-13(6-4-12)21(31)28-18-10-17(25)16(24)9-15(18)22(32)29-19-8-7-14(23)11-27-19/h3-11,26H,1-2H3,(H,28,31)(H,27,29,32). The lowest BCUT2D eigenvalue weighted by Gasteiger charge is -2.14. The molecule has 0 saturated carbocycles. The SMILES string of the molecule is [B]c1ccc(NC(=O)c2cc(F)c(F)cc2NC(=O)c2ccc(C(=N)N(C)C)cc2)nc1. The van der Waals surface area contributed by atoms with Crippen LogP contribution in [-0.4, -0.2) is 49.5 Å². The van der Waals surface area contributed by atoms with Crippen LogP contribution in [0.1, 0.15) is 26.3 Å². The summed E-state index contributed by atoms with van der Waals surface area (Å²) < 4.78 is 27.7. The number of amidine groups is 1. The maximum absolute atomic E-state index is 13.9. The number of hydrogen-bond acceptors (Lipinski definition) is 4. The van der Waals surface area contributed by atoms with Crippen LogP contribution in [0.25, 0.3) is 0 Å². The molecule has 0 aliphatic carbocycles. The van der Waals surface area contributed by atoms with E-state index < -0.39 is 23.4 Å². The third-order valence-electron chi connectivity index (χ3n) is 4.45. The molecule has 2 aromatic carbocycles. The van der Waals surface area contributed by atoms with Crippen molar-refractivity contribution >= 4 is 42.5 Å². The van der Waals surface area contributed by atoms with E-state index in [2.05, 4.69) is 15.6 Å². The molecule has 1 aromatic heterocycles. The Hall–Kier alpha value is -4.08. The Kier molecular flexibility index (Phi) is 6.63. The second-order valence-corrected chi connectivity index (χ2v) is 7.02. The summed E-state index contributed by atoms with van der Waals surface area (Å²) in [5.74, 6) is -3.51. The molecule has 0 fully saturated rings. The van der Waals surface area contributed by atoms with Gasteiger partial charge in [-0.05, 0) is 24.3 Å². The molecule has 0 bridgehead atoms. The third kappa shape index (κ3) is 5.15. The quantitative estimate of drug-likeness (QED) is 0.327. The number of pyridine rings is 1. The molecule has 3 aromatic rings. The number of nitrogens with zero attached hydrogens (tertiary/aromatic N) is 2. The Labute approximate surface area is 184 Å². The van der Waals surface area contributed by atoms with Gasteiger partial charge in [0.1, 0.15) is 19.5 Å². The molecule has 2 amide bonds. The Bertz CT molecular complexity index is 1180. The van der Waals surface area contributed by atoms with Gasteiger partial charge in [-0.1, -0.05) is 23.7 Å². The van der Waals surface area contributed by atoms with Crippen LogP contribution >= 0.6 is 0 Å². The molecule has 160 valence electrons. The van der Waals surface area contributed by atoms with Gasteiger partial charge in [-0.15, -0.1) is 0 Å². The van der Waals surface area contributed by atoms with E-state index in [4.69, 9.17) is 13.3 Å². The van der Waals surface area contributed by atoms with Gasteiger partial charge < -0.3 is 15.5 Å². The Morgan fingerprint density at radius 3 is 2.16 bits per heavy atom. The number of anilines is 2. The Morgan fingerprint density at radius 2 is 1.56 bits per heavy atom. The number of rotatable bonds is 5. The van der Waals surface area contributed by atoms with E-state index in [9.17, 15) is 18.4 Å². The fraction of sp³-hybridized carbons (Fsp3) is 0.0909. The number of nitrogens with one attached hydrogen (secondary N) is 3. The maximum Gasteiger partial charge on any atom is 0.259 e. The van der Waals surface area contributed by atoms with Crippen molar-refractivity contribution in [2.45, 2.75) is 0 Å². The number of aromatic nitrogens is 1. The molecule has 10 heteroatoms. The summed E-state index contributed by atoms with van der Waals surface area (Å²) >= 11 is 0. The molecule has 0 spiro atoms. The van der Waals surface area contributed by atoms with Crippen molar-refractivity contribution < 1.29 is 18.4 Å². The van der Waals surface area contributed by atoms with Crippen molar-refractivity contribution in [3.05, 3.63) is 83.1 Å². The van der Waals surface area contributed by atoms with Gasteiger partial charge in [0, 0.05) is 37.5 Å². The fourth-order valence-electron chi connectivity index (χ4n) is 2.73. The van der Waals surface area contributed by atoms with Gasteiger partial charge in [0.2, 0.25) is 0 Å². The Balaban J connectivity index is 1.84. The van der Waals surface area contributed by atoms with Crippen molar-refractivity contribution in [2.24, 2.45) is 0 Å². The first kappa shape index (κ1) is 22.6. The minimum absolute atomic E-state index is 0.144. The van der Waals surface area contributed by atoms with Crippen molar-refractivity contribution in [3.8, 4) is 0 Å². The van der Waals surface area contributed by atoms with Crippen molar-refractivity contribution in [2.75, 3.05) is 24.7 Å². The van der Waals surface area contributed by atoms with Crippen LogP contribution in [0.2, 0.25) is 0 Å². The minimum atomic E-state index is -1.25. The summed E-state index contributed by atoms with van der Waals surface area (Å²) in [6.07, 6.45) is 1.32. The van der Waals surface area contributed by atoms with Crippen LogP contribution < -0.4 is 16.1 Å². The zero-order chi connectivity index (χ0) is 23.4. The van der Waals surface area contributed by atoms with Gasteiger partial charge in [-0.3, -0.25) is 15.0 Å². The van der Waals surface area contributed by atoms with Gasteiger partial charge >= 0.3 is 0 Å². The highest BCUT2D eigenvalue weighted by Crippen LogP contribution is 2.22. The lowest BCUT2D eigenvalue weighted by atomic mass is 9.99. The summed E-state index contributed by atoms with van der Waals surface area (Å²) in [5.41, 5.74) is 0.677. The maximum atomic E-state index is 13.9. The largest absolute Gasteiger partial charge is 0.363 e. The molecule has 0 aliphatic rings. The smallest absolute Gasteiger partial charge is 0.259 e. The summed E-state index contributed by atoms with van der Waals surface area (Å²) in [5, 5.41) is 12.8. The van der Waals surface area contributed by atoms with E-state index in [1.165, 1.54) is 30.5 Å². The number of halogens is 2. The van der Waals surface area contributed by atoms with Crippen LogP contribution in [0.3, 0.4) is 0 Å². The lowest BCUT2D eigenvalue weighted by molar-refractivity contribution is 0.102.